The number of nitrogens with zero attached hydrogens (tertiary/aromatic N) is 3. The second-order valence-electron chi connectivity index (χ2n) is 4.82. The molecule has 1 atom stereocenters. The molecule has 5 nitrogen and oxygen atoms in total. The maximum absolute atomic E-state index is 5.45. The van der Waals surface area contributed by atoms with Gasteiger partial charge in [0.15, 0.2) is 5.82 Å². The summed E-state index contributed by atoms with van der Waals surface area (Å²) in [5.41, 5.74) is 0. The summed E-state index contributed by atoms with van der Waals surface area (Å²) < 4.78 is 5.45. The molecule has 0 aliphatic carbocycles. The Morgan fingerprint density at radius 1 is 1.33 bits per heavy atom. The van der Waals surface area contributed by atoms with E-state index >= 15 is 0 Å². The van der Waals surface area contributed by atoms with Crippen molar-refractivity contribution in [3.8, 4) is 0 Å². The Balaban J connectivity index is 2.99. The summed E-state index contributed by atoms with van der Waals surface area (Å²) in [4.78, 5) is 11.4. The normalized spacial score (nSPS) is 12.2. The molecule has 0 aliphatic heterocycles. The van der Waals surface area contributed by atoms with E-state index in [4.69, 9.17) is 4.74 Å². The number of aromatic nitrogens is 2. The van der Waals surface area contributed by atoms with Gasteiger partial charge in [-0.1, -0.05) is 6.92 Å². The number of rotatable bonds is 10. The largest absolute Gasteiger partial charge is 0.374 e. The zero-order valence-corrected chi connectivity index (χ0v) is 14.7. The first-order valence-electron chi connectivity index (χ1n) is 7.57. The summed E-state index contributed by atoms with van der Waals surface area (Å²) in [5, 5.41) is 3.27. The second kappa shape index (κ2) is 9.84. The summed E-state index contributed by atoms with van der Waals surface area (Å²) in [6, 6.07) is 2.49. The predicted octanol–water partition coefficient (Wildman–Crippen LogP) is 3.02. The highest BCUT2D eigenvalue weighted by Gasteiger charge is 2.16. The van der Waals surface area contributed by atoms with Crippen molar-refractivity contribution in [1.82, 2.24) is 9.97 Å². The SMILES string of the molecule is CCNc1cc(N(C)C(CC)CSC)nc(COCC)n1. The molecule has 1 N–H and O–H groups in total. The molecule has 1 aromatic heterocycles. The molecule has 1 heterocycles. The minimum absolute atomic E-state index is 0.454. The summed E-state index contributed by atoms with van der Waals surface area (Å²) in [5.74, 6) is 3.64. The lowest BCUT2D eigenvalue weighted by Crippen LogP contribution is -2.34. The van der Waals surface area contributed by atoms with E-state index in [1.165, 1.54) is 0 Å². The number of hydrogen-bond acceptors (Lipinski definition) is 6. The summed E-state index contributed by atoms with van der Waals surface area (Å²) in [6.45, 7) is 8.23. The Labute approximate surface area is 132 Å². The van der Waals surface area contributed by atoms with Crippen LogP contribution in [0.1, 0.15) is 33.0 Å². The van der Waals surface area contributed by atoms with Gasteiger partial charge in [0.2, 0.25) is 0 Å². The molecule has 0 saturated carbocycles. The van der Waals surface area contributed by atoms with E-state index in [0.29, 0.717) is 19.3 Å². The number of hydrogen-bond donors (Lipinski definition) is 1. The molecule has 0 radical (unpaired) electrons. The first-order chi connectivity index (χ1) is 10.2. The lowest BCUT2D eigenvalue weighted by molar-refractivity contribution is 0.128. The van der Waals surface area contributed by atoms with Gasteiger partial charge in [-0.25, -0.2) is 9.97 Å². The summed E-state index contributed by atoms with van der Waals surface area (Å²) >= 11 is 1.86. The minimum atomic E-state index is 0.454. The van der Waals surface area contributed by atoms with Crippen LogP contribution in [0.4, 0.5) is 11.6 Å². The second-order valence-corrected chi connectivity index (χ2v) is 5.73. The quantitative estimate of drug-likeness (QED) is 0.717. The highest BCUT2D eigenvalue weighted by atomic mass is 32.2. The molecule has 0 fully saturated rings. The maximum Gasteiger partial charge on any atom is 0.158 e. The van der Waals surface area contributed by atoms with Crippen molar-refractivity contribution in [2.24, 2.45) is 0 Å². The molecule has 0 spiro atoms. The average Bonchev–Trinajstić information content (AvgIpc) is 2.50. The lowest BCUT2D eigenvalue weighted by Gasteiger charge is -2.28. The van der Waals surface area contributed by atoms with Crippen LogP contribution in [-0.2, 0) is 11.3 Å². The van der Waals surface area contributed by atoms with Gasteiger partial charge in [0.1, 0.15) is 18.2 Å². The fraction of sp³-hybridized carbons (Fsp3) is 0.733. The van der Waals surface area contributed by atoms with Gasteiger partial charge in [-0.05, 0) is 26.5 Å². The van der Waals surface area contributed by atoms with Gasteiger partial charge in [0.05, 0.1) is 0 Å². The molecule has 0 bridgehead atoms. The molecule has 120 valence electrons. The first kappa shape index (κ1) is 18.0. The van der Waals surface area contributed by atoms with Crippen LogP contribution in [0.25, 0.3) is 0 Å². The van der Waals surface area contributed by atoms with Gasteiger partial charge in [-0.3, -0.25) is 0 Å². The Morgan fingerprint density at radius 3 is 2.67 bits per heavy atom. The van der Waals surface area contributed by atoms with Gasteiger partial charge in [-0.15, -0.1) is 0 Å². The molecule has 0 aliphatic rings. The molecule has 0 saturated heterocycles. The Kier molecular flexibility index (Phi) is 8.45. The number of thioether (sulfide) groups is 1. The zero-order chi connectivity index (χ0) is 15.7. The first-order valence-corrected chi connectivity index (χ1v) is 8.96. The van der Waals surface area contributed by atoms with Crippen LogP contribution in [-0.4, -0.2) is 48.2 Å². The Hall–Kier alpha value is -1.01. The van der Waals surface area contributed by atoms with E-state index in [0.717, 1.165) is 36.2 Å². The van der Waals surface area contributed by atoms with Crippen LogP contribution < -0.4 is 10.2 Å². The monoisotopic (exact) mass is 312 g/mol. The van der Waals surface area contributed by atoms with Crippen molar-refractivity contribution in [3.63, 3.8) is 0 Å². The third-order valence-electron chi connectivity index (χ3n) is 3.29. The van der Waals surface area contributed by atoms with Crippen molar-refractivity contribution in [2.45, 2.75) is 39.8 Å². The number of anilines is 2. The van der Waals surface area contributed by atoms with Gasteiger partial charge < -0.3 is 15.0 Å². The molecule has 1 aromatic rings. The highest BCUT2D eigenvalue weighted by molar-refractivity contribution is 7.98. The number of nitrogens with one attached hydrogen (secondary N) is 1. The summed E-state index contributed by atoms with van der Waals surface area (Å²) in [7, 11) is 2.10. The van der Waals surface area contributed by atoms with Gasteiger partial charge in [-0.2, -0.15) is 11.8 Å². The van der Waals surface area contributed by atoms with Crippen LogP contribution >= 0.6 is 11.8 Å². The molecule has 0 aromatic carbocycles. The van der Waals surface area contributed by atoms with Crippen LogP contribution in [0.3, 0.4) is 0 Å². The van der Waals surface area contributed by atoms with E-state index in [1.54, 1.807) is 0 Å². The van der Waals surface area contributed by atoms with Gasteiger partial charge in [0, 0.05) is 38.1 Å². The van der Waals surface area contributed by atoms with E-state index in [2.05, 4.69) is 47.3 Å². The van der Waals surface area contributed by atoms with Crippen LogP contribution in [0.2, 0.25) is 0 Å². The van der Waals surface area contributed by atoms with E-state index < -0.39 is 0 Å². The minimum Gasteiger partial charge on any atom is -0.374 e. The van der Waals surface area contributed by atoms with E-state index in [9.17, 15) is 0 Å². The van der Waals surface area contributed by atoms with E-state index in [-0.39, 0.29) is 0 Å². The van der Waals surface area contributed by atoms with Crippen LogP contribution in [0.15, 0.2) is 6.07 Å². The van der Waals surface area contributed by atoms with Crippen molar-refractivity contribution >= 4 is 23.4 Å². The molecule has 21 heavy (non-hydrogen) atoms. The molecule has 1 unspecified atom stereocenters. The smallest absolute Gasteiger partial charge is 0.158 e. The van der Waals surface area contributed by atoms with Crippen molar-refractivity contribution < 1.29 is 4.74 Å². The Morgan fingerprint density at radius 2 is 2.10 bits per heavy atom. The molecule has 1 rings (SSSR count). The average molecular weight is 312 g/mol. The lowest BCUT2D eigenvalue weighted by atomic mass is 10.2. The highest BCUT2D eigenvalue weighted by Crippen LogP contribution is 2.20. The van der Waals surface area contributed by atoms with Crippen molar-refractivity contribution in [3.05, 3.63) is 11.9 Å². The topological polar surface area (TPSA) is 50.3 Å². The molecule has 6 heteroatoms. The maximum atomic E-state index is 5.45. The number of ether oxygens (including phenoxy) is 1. The molecular formula is C15H28N4OS. The molecular weight excluding hydrogens is 284 g/mol. The Bertz CT molecular complexity index is 417. The van der Waals surface area contributed by atoms with Crippen LogP contribution in [0.5, 0.6) is 0 Å². The fourth-order valence-electron chi connectivity index (χ4n) is 2.08. The zero-order valence-electron chi connectivity index (χ0n) is 13.8. The van der Waals surface area contributed by atoms with Gasteiger partial charge in [0.25, 0.3) is 0 Å². The van der Waals surface area contributed by atoms with Gasteiger partial charge >= 0.3 is 0 Å². The fourth-order valence-corrected chi connectivity index (χ4v) is 2.92. The van der Waals surface area contributed by atoms with Crippen LogP contribution in [0, 0.1) is 0 Å². The van der Waals surface area contributed by atoms with Crippen molar-refractivity contribution in [1.29, 1.82) is 0 Å². The summed E-state index contributed by atoms with van der Waals surface area (Å²) in [6.07, 6.45) is 3.24. The standard InChI is InChI=1S/C15H28N4OS/c1-6-12(11-21-5)19(4)15-9-13(16-7-2)17-14(18-15)10-20-8-3/h9,12H,6-8,10-11H2,1-5H3,(H,16,17,18). The van der Waals surface area contributed by atoms with Crippen molar-refractivity contribution in [2.75, 3.05) is 42.4 Å². The third kappa shape index (κ3) is 5.71. The predicted molar refractivity (Wildman–Crippen MR) is 92.4 cm³/mol. The van der Waals surface area contributed by atoms with E-state index in [1.807, 2.05) is 24.8 Å². The third-order valence-corrected chi connectivity index (χ3v) is 4.01. The molecule has 0 amide bonds.